The van der Waals surface area contributed by atoms with E-state index < -0.39 is 39.6 Å². The maximum atomic E-state index is 13.3. The Morgan fingerprint density at radius 3 is 2.00 bits per heavy atom. The van der Waals surface area contributed by atoms with Crippen molar-refractivity contribution in [2.75, 3.05) is 0 Å². The summed E-state index contributed by atoms with van der Waals surface area (Å²) in [6.07, 6.45) is 10.5. The smallest absolute Gasteiger partial charge is 0.370 e. The van der Waals surface area contributed by atoms with Crippen molar-refractivity contribution in [2.45, 2.75) is 127 Å². The van der Waals surface area contributed by atoms with Crippen LogP contribution >= 0.6 is 11.6 Å². The van der Waals surface area contributed by atoms with Crippen LogP contribution in [-0.2, 0) is 13.6 Å². The molecule has 1 aromatic rings. The first-order valence-corrected chi connectivity index (χ1v) is 21.7. The molecule has 9 heteroatoms. The van der Waals surface area contributed by atoms with Gasteiger partial charge in [-0.25, -0.2) is 4.79 Å². The Morgan fingerprint density at radius 2 is 1.53 bits per heavy atom. The lowest BCUT2D eigenvalue weighted by molar-refractivity contribution is -0.197. The largest absolute Gasteiger partial charge is 0.477 e. The highest BCUT2D eigenvalue weighted by Gasteiger charge is 2.65. The Hall–Kier alpha value is -1.65. The van der Waals surface area contributed by atoms with Gasteiger partial charge in [0.1, 0.15) is 5.75 Å². The molecule has 1 aliphatic rings. The number of hydrogen-bond donors (Lipinski definition) is 2. The summed E-state index contributed by atoms with van der Waals surface area (Å²) in [5, 5.41) is 18.5. The number of aliphatic hydroxyl groups excluding tert-OH is 1. The normalized spacial score (nSPS) is 21.7. The molecular weight excluding hydrogens is 596 g/mol. The van der Waals surface area contributed by atoms with E-state index in [2.05, 4.69) is 66.3 Å². The number of alkyl halides is 1. The highest BCUT2D eigenvalue weighted by atomic mass is 35.5. The van der Waals surface area contributed by atoms with Crippen molar-refractivity contribution in [2.24, 2.45) is 11.8 Å². The second kappa shape index (κ2) is 14.2. The zero-order valence-electron chi connectivity index (χ0n) is 28.2. The molecule has 0 amide bonds. The Bertz CT molecular complexity index is 1130. The van der Waals surface area contributed by atoms with Crippen LogP contribution in [0.4, 0.5) is 0 Å². The first-order valence-electron chi connectivity index (χ1n) is 15.5. The number of ether oxygens (including phenoxy) is 1. The van der Waals surface area contributed by atoms with Crippen LogP contribution < -0.4 is 4.74 Å². The number of hydrogen-bond acceptors (Lipinski definition) is 5. The van der Waals surface area contributed by atoms with Crippen molar-refractivity contribution in [3.05, 3.63) is 60.4 Å². The molecule has 1 fully saturated rings. The van der Waals surface area contributed by atoms with E-state index in [1.165, 1.54) is 6.08 Å². The number of carboxylic acid groups (broad SMARTS) is 1. The average Bonchev–Trinajstić information content (AvgIpc) is 3.22. The third kappa shape index (κ3) is 8.97. The highest BCUT2D eigenvalue weighted by molar-refractivity contribution is 6.75. The first kappa shape index (κ1) is 37.5. The molecule has 2 N–H and O–H groups in total. The number of aliphatic hydroxyl groups is 1. The number of carbonyl (C=O) groups is 1. The second-order valence-electron chi connectivity index (χ2n) is 14.8. The molecule has 0 spiro atoms. The van der Waals surface area contributed by atoms with Gasteiger partial charge in [-0.15, -0.1) is 5.73 Å². The van der Waals surface area contributed by atoms with E-state index in [-0.39, 0.29) is 27.7 Å². The minimum atomic E-state index is -2.76. The number of carboxylic acids is 1. The van der Waals surface area contributed by atoms with Gasteiger partial charge in [0.05, 0.1) is 6.10 Å². The fraction of sp³-hybridized carbons (Fsp3) is 0.647. The van der Waals surface area contributed by atoms with Crippen LogP contribution in [0.2, 0.25) is 36.3 Å². The summed E-state index contributed by atoms with van der Waals surface area (Å²) in [6, 6.07) is 8.65. The summed E-state index contributed by atoms with van der Waals surface area (Å²) in [5.41, 5.74) is 3.23. The SMILES string of the molecule is CCC=C[C@H]1CC[C@H](O)[C@@H]1CC=C=CC([16O][Si](C)(C)C(C)(C)C)([16O][Si](C)(C)C(C)(C)C)C(Cl)(Oc1ccccc1)C(=O)O. The maximum Gasteiger partial charge on any atom is 0.370 e. The van der Waals surface area contributed by atoms with E-state index in [1.54, 1.807) is 24.3 Å². The van der Waals surface area contributed by atoms with Crippen LogP contribution in [0.25, 0.3) is 0 Å². The molecule has 1 aromatic carbocycles. The van der Waals surface area contributed by atoms with Gasteiger partial charge in [0.2, 0.25) is 5.79 Å². The lowest BCUT2D eigenvalue weighted by atomic mass is 9.91. The Morgan fingerprint density at radius 1 is 1.00 bits per heavy atom. The third-order valence-electron chi connectivity index (χ3n) is 9.39. The number of allylic oxidation sites excluding steroid dienone is 2. The zero-order valence-corrected chi connectivity index (χ0v) is 30.9. The minimum Gasteiger partial charge on any atom is -0.477 e. The van der Waals surface area contributed by atoms with Crippen molar-refractivity contribution in [1.82, 2.24) is 0 Å². The molecule has 0 heterocycles. The quantitative estimate of drug-likeness (QED) is 0.0728. The summed E-state index contributed by atoms with van der Waals surface area (Å²) in [5.74, 6) is -2.86. The monoisotopic (exact) mass is 650 g/mol. The van der Waals surface area contributed by atoms with Gasteiger partial charge in [0, 0.05) is 6.08 Å². The number of aliphatic carboxylic acids is 1. The van der Waals surface area contributed by atoms with Gasteiger partial charge >= 0.3 is 11.0 Å². The van der Waals surface area contributed by atoms with Gasteiger partial charge in [-0.05, 0) is 92.0 Å². The summed E-state index contributed by atoms with van der Waals surface area (Å²) in [7, 11) is -5.52. The molecule has 242 valence electrons. The van der Waals surface area contributed by atoms with E-state index in [9.17, 15) is 15.0 Å². The Kier molecular flexibility index (Phi) is 12.4. The van der Waals surface area contributed by atoms with Crippen molar-refractivity contribution in [1.29, 1.82) is 0 Å². The lowest BCUT2D eigenvalue weighted by Gasteiger charge is -2.52. The molecule has 0 radical (unpaired) electrons. The third-order valence-corrected chi connectivity index (χ3v) is 18.7. The van der Waals surface area contributed by atoms with Crippen molar-refractivity contribution >= 4 is 34.2 Å². The molecule has 2 rings (SSSR count). The topological polar surface area (TPSA) is 85.2 Å². The zero-order chi connectivity index (χ0) is 32.9. The summed E-state index contributed by atoms with van der Waals surface area (Å²) in [6.45, 7) is 22.7. The number of benzene rings is 1. The van der Waals surface area contributed by atoms with Gasteiger partial charge in [-0.1, -0.05) is 90.4 Å². The van der Waals surface area contributed by atoms with Gasteiger partial charge in [0.25, 0.3) is 0 Å². The molecular formula is C34H55ClO6Si2. The van der Waals surface area contributed by atoms with E-state index in [4.69, 9.17) is 25.2 Å². The van der Waals surface area contributed by atoms with E-state index in [1.807, 2.05) is 38.3 Å². The van der Waals surface area contributed by atoms with Gasteiger partial charge < -0.3 is 23.8 Å². The number of halogens is 1. The fourth-order valence-electron chi connectivity index (χ4n) is 4.61. The standard InChI is InChI=1S/C34H55ClO6Si2/c1-12-13-19-26-23-24-29(36)28(26)22-17-18-25-33(40-42(8,9)31(2,3)4,41-43(10,11)32(5,6)7)34(35,30(37)38)39-27-20-15-14-16-21-27/h13-17,19-21,25-26,28-29,36H,12,22-24H2,1-11H3,(H,37,38)/t18?,26-,28+,29-,34?/m0/s1/i40+0,41+0. The predicted molar refractivity (Wildman–Crippen MR) is 182 cm³/mol. The Balaban J connectivity index is 2.81. The highest BCUT2D eigenvalue weighted by Crippen LogP contribution is 2.50. The van der Waals surface area contributed by atoms with Crippen molar-refractivity contribution in [3.8, 4) is 5.75 Å². The number of para-hydroxylation sites is 1. The summed E-state index contributed by atoms with van der Waals surface area (Å²) >= 11 is 7.19. The minimum absolute atomic E-state index is 0.0431. The van der Waals surface area contributed by atoms with Gasteiger partial charge in [0.15, 0.2) is 16.6 Å². The fourth-order valence-corrected chi connectivity index (χ4v) is 7.66. The molecule has 0 aliphatic heterocycles. The van der Waals surface area contributed by atoms with E-state index in [0.717, 1.165) is 19.3 Å². The van der Waals surface area contributed by atoms with E-state index >= 15 is 0 Å². The summed E-state index contributed by atoms with van der Waals surface area (Å²) in [4.78, 5) is 13.3. The molecule has 1 unspecified atom stereocenters. The van der Waals surface area contributed by atoms with Crippen molar-refractivity contribution < 1.29 is 28.6 Å². The lowest BCUT2D eigenvalue weighted by Crippen LogP contribution is -2.68. The van der Waals surface area contributed by atoms with Crippen LogP contribution in [-0.4, -0.2) is 49.8 Å². The van der Waals surface area contributed by atoms with Crippen LogP contribution in [0, 0.1) is 11.8 Å². The Labute approximate surface area is 267 Å². The molecule has 4 atom stereocenters. The number of rotatable bonds is 13. The van der Waals surface area contributed by atoms with Crippen molar-refractivity contribution in [3.63, 3.8) is 0 Å². The molecule has 6 nitrogen and oxygen atoms in total. The van der Waals surface area contributed by atoms with E-state index in [0.29, 0.717) is 6.42 Å². The van der Waals surface area contributed by atoms with Crippen LogP contribution in [0.3, 0.4) is 0 Å². The molecule has 1 aliphatic carbocycles. The average molecular weight is 651 g/mol. The van der Waals surface area contributed by atoms with Gasteiger partial charge in [-0.3, -0.25) is 0 Å². The molecule has 1 saturated carbocycles. The van der Waals surface area contributed by atoms with Crippen LogP contribution in [0.1, 0.15) is 74.1 Å². The van der Waals surface area contributed by atoms with Crippen LogP contribution in [0.5, 0.6) is 5.75 Å². The molecule has 43 heavy (non-hydrogen) atoms. The first-order chi connectivity index (χ1) is 19.6. The van der Waals surface area contributed by atoms with Gasteiger partial charge in [-0.2, -0.15) is 0 Å². The maximum absolute atomic E-state index is 13.3. The second-order valence-corrected chi connectivity index (χ2v) is 24.7. The molecule has 0 aromatic heterocycles. The summed E-state index contributed by atoms with van der Waals surface area (Å²) < 4.78 is 20.2. The predicted octanol–water partition coefficient (Wildman–Crippen LogP) is 9.28. The van der Waals surface area contributed by atoms with Crippen LogP contribution in [0.15, 0.2) is 60.4 Å². The molecule has 0 bridgehead atoms. The molecule has 0 saturated heterocycles.